The monoisotopic (exact) mass is 265 g/mol. The van der Waals surface area contributed by atoms with Gasteiger partial charge in [0.2, 0.25) is 0 Å². The van der Waals surface area contributed by atoms with E-state index in [1.165, 1.54) is 13.1 Å². The van der Waals surface area contributed by atoms with E-state index in [4.69, 9.17) is 5.11 Å². The zero-order chi connectivity index (χ0) is 13.9. The summed E-state index contributed by atoms with van der Waals surface area (Å²) in [6, 6.07) is 3.25. The fourth-order valence-electron chi connectivity index (χ4n) is 1.50. The maximum atomic E-state index is 13.3. The van der Waals surface area contributed by atoms with E-state index in [0.29, 0.717) is 0 Å². The van der Waals surface area contributed by atoms with E-state index >= 15 is 0 Å². The van der Waals surface area contributed by atoms with Crippen molar-refractivity contribution in [2.75, 3.05) is 13.6 Å². The minimum atomic E-state index is -4.33. The molecule has 0 saturated carbocycles. The lowest BCUT2D eigenvalue weighted by molar-refractivity contribution is -0.144. The van der Waals surface area contributed by atoms with Gasteiger partial charge < -0.3 is 5.11 Å². The highest BCUT2D eigenvalue weighted by Crippen LogP contribution is 2.18. The molecule has 1 N–H and O–H groups in total. The summed E-state index contributed by atoms with van der Waals surface area (Å²) in [7, 11) is 1.25. The van der Waals surface area contributed by atoms with Crippen molar-refractivity contribution in [3.63, 3.8) is 0 Å². The summed E-state index contributed by atoms with van der Waals surface area (Å²) in [6.07, 6.45) is -4.33. The molecule has 1 rings (SSSR count). The number of nitrogens with zero attached hydrogens (tertiary/aromatic N) is 1. The molecule has 0 spiro atoms. The number of carbonyl (C=O) groups is 1. The fraction of sp³-hybridized carbons (Fsp3) is 0.364. The van der Waals surface area contributed by atoms with Crippen LogP contribution in [0.2, 0.25) is 0 Å². The molecule has 0 fully saturated rings. The van der Waals surface area contributed by atoms with E-state index in [1.807, 2.05) is 0 Å². The van der Waals surface area contributed by atoms with Gasteiger partial charge in [0.25, 0.3) is 0 Å². The van der Waals surface area contributed by atoms with Crippen molar-refractivity contribution < 1.29 is 27.5 Å². The van der Waals surface area contributed by atoms with Gasteiger partial charge in [0.1, 0.15) is 5.82 Å². The number of carboxylic acids is 1. The van der Waals surface area contributed by atoms with E-state index in [9.17, 15) is 22.4 Å². The largest absolute Gasteiger partial charge is 0.478 e. The van der Waals surface area contributed by atoms with Gasteiger partial charge in [0.05, 0.1) is 12.1 Å². The minimum Gasteiger partial charge on any atom is -0.478 e. The predicted molar refractivity (Wildman–Crippen MR) is 55.7 cm³/mol. The number of alkyl halides is 3. The first-order valence-corrected chi connectivity index (χ1v) is 4.96. The molecule has 0 atom stereocenters. The molecule has 18 heavy (non-hydrogen) atoms. The first kappa shape index (κ1) is 14.4. The molecule has 0 aliphatic rings. The number of aromatic carboxylic acids is 1. The second kappa shape index (κ2) is 5.34. The van der Waals surface area contributed by atoms with Crippen LogP contribution in [-0.4, -0.2) is 35.7 Å². The molecule has 0 heterocycles. The van der Waals surface area contributed by atoms with E-state index in [2.05, 4.69) is 0 Å². The topological polar surface area (TPSA) is 40.5 Å². The fourth-order valence-corrected chi connectivity index (χ4v) is 1.50. The standard InChI is InChI=1S/C11H11F4NO2/c1-16(6-11(13,14)15)5-7-2-3-8(10(17)18)9(12)4-7/h2-4H,5-6H2,1H3,(H,17,18). The Morgan fingerprint density at radius 3 is 2.44 bits per heavy atom. The Hall–Kier alpha value is -1.63. The Labute approximate surface area is 101 Å². The number of carboxylic acid groups (broad SMARTS) is 1. The first-order valence-electron chi connectivity index (χ1n) is 4.96. The van der Waals surface area contributed by atoms with Crippen LogP contribution in [0, 0.1) is 5.82 Å². The highest BCUT2D eigenvalue weighted by Gasteiger charge is 2.29. The molecule has 7 heteroatoms. The zero-order valence-corrected chi connectivity index (χ0v) is 9.46. The van der Waals surface area contributed by atoms with Crippen LogP contribution in [0.25, 0.3) is 0 Å². The third kappa shape index (κ3) is 4.33. The lowest BCUT2D eigenvalue weighted by Gasteiger charge is -2.18. The summed E-state index contributed by atoms with van der Waals surface area (Å²) in [5, 5.41) is 8.59. The quantitative estimate of drug-likeness (QED) is 0.850. The number of hydrogen-bond donors (Lipinski definition) is 1. The van der Waals surface area contributed by atoms with Gasteiger partial charge in [-0.15, -0.1) is 0 Å². The Morgan fingerprint density at radius 2 is 2.00 bits per heavy atom. The average molecular weight is 265 g/mol. The molecule has 0 saturated heterocycles. The molecule has 100 valence electrons. The summed E-state index contributed by atoms with van der Waals surface area (Å²) >= 11 is 0. The third-order valence-corrected chi connectivity index (χ3v) is 2.17. The average Bonchev–Trinajstić information content (AvgIpc) is 2.13. The highest BCUT2D eigenvalue weighted by atomic mass is 19.4. The van der Waals surface area contributed by atoms with Crippen molar-refractivity contribution in [1.29, 1.82) is 0 Å². The Morgan fingerprint density at radius 1 is 1.39 bits per heavy atom. The van der Waals surface area contributed by atoms with Crippen molar-refractivity contribution >= 4 is 5.97 Å². The molecule has 3 nitrogen and oxygen atoms in total. The van der Waals surface area contributed by atoms with Gasteiger partial charge in [-0.25, -0.2) is 9.18 Å². The van der Waals surface area contributed by atoms with Crippen LogP contribution < -0.4 is 0 Å². The molecule has 0 aliphatic heterocycles. The smallest absolute Gasteiger partial charge is 0.401 e. The van der Waals surface area contributed by atoms with Crippen LogP contribution in [0.3, 0.4) is 0 Å². The van der Waals surface area contributed by atoms with Gasteiger partial charge in [-0.1, -0.05) is 6.07 Å². The van der Waals surface area contributed by atoms with Crippen LogP contribution in [0.1, 0.15) is 15.9 Å². The molecule has 0 aromatic heterocycles. The van der Waals surface area contributed by atoms with E-state index in [1.54, 1.807) is 0 Å². The van der Waals surface area contributed by atoms with Crippen LogP contribution >= 0.6 is 0 Å². The summed E-state index contributed by atoms with van der Waals surface area (Å²) in [4.78, 5) is 11.5. The van der Waals surface area contributed by atoms with E-state index in [-0.39, 0.29) is 12.1 Å². The lowest BCUT2D eigenvalue weighted by Crippen LogP contribution is -2.30. The second-order valence-electron chi connectivity index (χ2n) is 3.91. The molecular formula is C11H11F4NO2. The molecule has 0 bridgehead atoms. The lowest BCUT2D eigenvalue weighted by atomic mass is 10.1. The maximum absolute atomic E-state index is 13.3. The van der Waals surface area contributed by atoms with Crippen molar-refractivity contribution in [1.82, 2.24) is 4.90 Å². The van der Waals surface area contributed by atoms with Crippen molar-refractivity contribution in [3.05, 3.63) is 35.1 Å². The molecular weight excluding hydrogens is 254 g/mol. The van der Waals surface area contributed by atoms with Gasteiger partial charge in [-0.2, -0.15) is 13.2 Å². The molecule has 0 amide bonds. The van der Waals surface area contributed by atoms with Crippen LogP contribution in [0.15, 0.2) is 18.2 Å². The number of benzene rings is 1. The Bertz CT molecular complexity index is 445. The summed E-state index contributed by atoms with van der Waals surface area (Å²) < 4.78 is 49.5. The van der Waals surface area contributed by atoms with Crippen molar-refractivity contribution in [2.45, 2.75) is 12.7 Å². The van der Waals surface area contributed by atoms with E-state index in [0.717, 1.165) is 17.0 Å². The normalized spacial score (nSPS) is 11.9. The summed E-state index contributed by atoms with van der Waals surface area (Å²) in [5.74, 6) is -2.37. The van der Waals surface area contributed by atoms with Gasteiger partial charge in [0, 0.05) is 6.54 Å². The molecule has 1 aromatic rings. The molecule has 0 aliphatic carbocycles. The predicted octanol–water partition coefficient (Wildman–Crippen LogP) is 2.52. The summed E-state index contributed by atoms with van der Waals surface area (Å²) in [5.41, 5.74) is -0.221. The Balaban J connectivity index is 2.75. The third-order valence-electron chi connectivity index (χ3n) is 2.17. The van der Waals surface area contributed by atoms with Crippen LogP contribution in [-0.2, 0) is 6.54 Å². The number of hydrogen-bond acceptors (Lipinski definition) is 2. The van der Waals surface area contributed by atoms with E-state index < -0.39 is 30.1 Å². The Kier molecular flexibility index (Phi) is 4.28. The van der Waals surface area contributed by atoms with Crippen molar-refractivity contribution in [2.24, 2.45) is 0 Å². The van der Waals surface area contributed by atoms with Crippen LogP contribution in [0.4, 0.5) is 17.6 Å². The second-order valence-corrected chi connectivity index (χ2v) is 3.91. The van der Waals surface area contributed by atoms with Gasteiger partial charge >= 0.3 is 12.1 Å². The number of rotatable bonds is 4. The minimum absolute atomic E-state index is 0.115. The maximum Gasteiger partial charge on any atom is 0.401 e. The summed E-state index contributed by atoms with van der Waals surface area (Å²) in [6.45, 7) is -1.23. The molecule has 1 aromatic carbocycles. The van der Waals surface area contributed by atoms with Gasteiger partial charge in [-0.3, -0.25) is 4.90 Å². The van der Waals surface area contributed by atoms with Crippen LogP contribution in [0.5, 0.6) is 0 Å². The number of halogens is 4. The SMILES string of the molecule is CN(Cc1ccc(C(=O)O)c(F)c1)CC(F)(F)F. The first-order chi connectivity index (χ1) is 8.19. The van der Waals surface area contributed by atoms with Crippen molar-refractivity contribution in [3.8, 4) is 0 Å². The van der Waals surface area contributed by atoms with Gasteiger partial charge in [0.15, 0.2) is 0 Å². The zero-order valence-electron chi connectivity index (χ0n) is 9.46. The van der Waals surface area contributed by atoms with Gasteiger partial charge in [-0.05, 0) is 24.7 Å². The molecule has 0 radical (unpaired) electrons. The molecule has 0 unspecified atom stereocenters. The highest BCUT2D eigenvalue weighted by molar-refractivity contribution is 5.87.